The average molecular weight is 332 g/mol. The summed E-state index contributed by atoms with van der Waals surface area (Å²) in [5.74, 6) is 0.820. The molecule has 2 rings (SSSR count). The lowest BCUT2D eigenvalue weighted by molar-refractivity contribution is 0.410. The van der Waals surface area contributed by atoms with Gasteiger partial charge in [0.1, 0.15) is 5.75 Å². The van der Waals surface area contributed by atoms with Crippen LogP contribution in [0.15, 0.2) is 34.1 Å². The van der Waals surface area contributed by atoms with Crippen LogP contribution in [0.25, 0.3) is 0 Å². The van der Waals surface area contributed by atoms with E-state index in [-0.39, 0.29) is 5.38 Å². The van der Waals surface area contributed by atoms with Gasteiger partial charge in [-0.05, 0) is 42.1 Å². The summed E-state index contributed by atoms with van der Waals surface area (Å²) in [6, 6.07) is 7.97. The first kappa shape index (κ1) is 12.9. The summed E-state index contributed by atoms with van der Waals surface area (Å²) >= 11 is 11.7. The fraction of sp³-hybridized carbons (Fsp3) is 0.231. The maximum absolute atomic E-state index is 6.54. The first-order valence-electron chi connectivity index (χ1n) is 5.15. The highest BCUT2D eigenvalue weighted by molar-refractivity contribution is 9.10. The van der Waals surface area contributed by atoms with Crippen molar-refractivity contribution in [1.29, 1.82) is 0 Å². The molecule has 0 aliphatic carbocycles. The van der Waals surface area contributed by atoms with E-state index in [1.54, 1.807) is 18.4 Å². The molecule has 0 aliphatic rings. The zero-order chi connectivity index (χ0) is 12.4. The van der Waals surface area contributed by atoms with Gasteiger partial charge in [0.25, 0.3) is 0 Å². The van der Waals surface area contributed by atoms with Gasteiger partial charge in [0.2, 0.25) is 0 Å². The summed E-state index contributed by atoms with van der Waals surface area (Å²) in [6.07, 6.45) is 0. The van der Waals surface area contributed by atoms with Gasteiger partial charge in [0, 0.05) is 14.9 Å². The van der Waals surface area contributed by atoms with Gasteiger partial charge in [0.05, 0.1) is 12.5 Å². The van der Waals surface area contributed by atoms with Crippen LogP contribution in [-0.4, -0.2) is 7.11 Å². The molecule has 90 valence electrons. The van der Waals surface area contributed by atoms with Crippen molar-refractivity contribution < 1.29 is 4.74 Å². The maximum Gasteiger partial charge on any atom is 0.124 e. The minimum atomic E-state index is -0.164. The van der Waals surface area contributed by atoms with Crippen molar-refractivity contribution in [2.24, 2.45) is 0 Å². The van der Waals surface area contributed by atoms with Crippen molar-refractivity contribution in [1.82, 2.24) is 0 Å². The Morgan fingerprint density at radius 3 is 2.71 bits per heavy atom. The highest BCUT2D eigenvalue weighted by Crippen LogP contribution is 2.39. The van der Waals surface area contributed by atoms with Crippen LogP contribution in [0.2, 0.25) is 0 Å². The smallest absolute Gasteiger partial charge is 0.124 e. The fourth-order valence-corrected chi connectivity index (χ4v) is 3.48. The second-order valence-corrected chi connectivity index (χ2v) is 6.02. The van der Waals surface area contributed by atoms with Crippen LogP contribution in [-0.2, 0) is 0 Å². The summed E-state index contributed by atoms with van der Waals surface area (Å²) in [4.78, 5) is 1.17. The van der Waals surface area contributed by atoms with Crippen LogP contribution >= 0.6 is 38.9 Å². The monoisotopic (exact) mass is 330 g/mol. The van der Waals surface area contributed by atoms with Crippen LogP contribution in [0.1, 0.15) is 21.4 Å². The molecule has 0 fully saturated rings. The highest BCUT2D eigenvalue weighted by Gasteiger charge is 2.18. The maximum atomic E-state index is 6.54. The standard InChI is InChI=1S/C13H12BrClOS/c1-8-5-6-17-13(8)12(15)10-7-9(14)3-4-11(10)16-2/h3-7,12H,1-2H3. The number of aryl methyl sites for hydroxylation is 1. The van der Waals surface area contributed by atoms with E-state index in [0.29, 0.717) is 0 Å². The summed E-state index contributed by atoms with van der Waals surface area (Å²) in [7, 11) is 1.66. The first-order valence-corrected chi connectivity index (χ1v) is 7.26. The van der Waals surface area contributed by atoms with Crippen LogP contribution < -0.4 is 4.74 Å². The number of benzene rings is 1. The Morgan fingerprint density at radius 1 is 1.35 bits per heavy atom. The third kappa shape index (κ3) is 2.67. The molecule has 2 aromatic rings. The van der Waals surface area contributed by atoms with Gasteiger partial charge < -0.3 is 4.74 Å². The molecule has 0 bridgehead atoms. The van der Waals surface area contributed by atoms with Crippen molar-refractivity contribution >= 4 is 38.9 Å². The second-order valence-electron chi connectivity index (χ2n) is 3.72. The second kappa shape index (κ2) is 5.42. The first-order chi connectivity index (χ1) is 8.13. The predicted molar refractivity (Wildman–Crippen MR) is 77.4 cm³/mol. The van der Waals surface area contributed by atoms with Gasteiger partial charge >= 0.3 is 0 Å². The van der Waals surface area contributed by atoms with Crippen molar-refractivity contribution in [3.8, 4) is 5.75 Å². The van der Waals surface area contributed by atoms with Crippen LogP contribution in [0, 0.1) is 6.92 Å². The van der Waals surface area contributed by atoms with Crippen molar-refractivity contribution in [2.45, 2.75) is 12.3 Å². The fourth-order valence-electron chi connectivity index (χ4n) is 1.69. The number of hydrogen-bond acceptors (Lipinski definition) is 2. The highest BCUT2D eigenvalue weighted by atomic mass is 79.9. The van der Waals surface area contributed by atoms with Crippen LogP contribution in [0.4, 0.5) is 0 Å². The van der Waals surface area contributed by atoms with Crippen molar-refractivity contribution in [3.63, 3.8) is 0 Å². The molecule has 1 aromatic carbocycles. The number of alkyl halides is 1. The Balaban J connectivity index is 2.46. The van der Waals surface area contributed by atoms with Crippen LogP contribution in [0.5, 0.6) is 5.75 Å². The van der Waals surface area contributed by atoms with Crippen molar-refractivity contribution in [3.05, 3.63) is 50.1 Å². The molecular weight excluding hydrogens is 320 g/mol. The quantitative estimate of drug-likeness (QED) is 0.706. The zero-order valence-corrected chi connectivity index (χ0v) is 12.7. The Bertz CT molecular complexity index is 524. The van der Waals surface area contributed by atoms with Crippen molar-refractivity contribution in [2.75, 3.05) is 7.11 Å². The molecule has 0 saturated carbocycles. The molecule has 4 heteroatoms. The Hall–Kier alpha value is -0.510. The lowest BCUT2D eigenvalue weighted by atomic mass is 10.1. The molecule has 0 saturated heterocycles. The number of methoxy groups -OCH3 is 1. The van der Waals surface area contributed by atoms with Gasteiger partial charge in [-0.3, -0.25) is 0 Å². The third-order valence-corrected chi connectivity index (χ3v) is 4.76. The largest absolute Gasteiger partial charge is 0.496 e. The lowest BCUT2D eigenvalue weighted by Crippen LogP contribution is -1.97. The van der Waals surface area contributed by atoms with E-state index in [1.165, 1.54) is 10.4 Å². The average Bonchev–Trinajstić information content (AvgIpc) is 2.74. The number of thiophene rings is 1. The molecule has 0 aliphatic heterocycles. The normalized spacial score (nSPS) is 12.5. The number of hydrogen-bond donors (Lipinski definition) is 0. The summed E-state index contributed by atoms with van der Waals surface area (Å²) in [5, 5.41) is 1.90. The number of halogens is 2. The third-order valence-electron chi connectivity index (χ3n) is 2.60. The van der Waals surface area contributed by atoms with E-state index in [1.807, 2.05) is 18.2 Å². The number of rotatable bonds is 3. The molecule has 17 heavy (non-hydrogen) atoms. The van der Waals surface area contributed by atoms with Gasteiger partial charge in [-0.15, -0.1) is 22.9 Å². The van der Waals surface area contributed by atoms with Gasteiger partial charge in [-0.2, -0.15) is 0 Å². The molecule has 1 atom stereocenters. The van der Waals surface area contributed by atoms with Crippen LogP contribution in [0.3, 0.4) is 0 Å². The van der Waals surface area contributed by atoms with E-state index < -0.39 is 0 Å². The molecule has 1 unspecified atom stereocenters. The van der Waals surface area contributed by atoms with E-state index in [4.69, 9.17) is 16.3 Å². The summed E-state index contributed by atoms with van der Waals surface area (Å²) in [6.45, 7) is 2.08. The van der Waals surface area contributed by atoms with Gasteiger partial charge in [-0.25, -0.2) is 0 Å². The predicted octanol–water partition coefficient (Wildman–Crippen LogP) is 5.16. The Kier molecular flexibility index (Phi) is 4.13. The molecule has 1 nitrogen and oxygen atoms in total. The van der Waals surface area contributed by atoms with E-state index in [2.05, 4.69) is 34.3 Å². The zero-order valence-electron chi connectivity index (χ0n) is 9.54. The molecule has 1 heterocycles. The van der Waals surface area contributed by atoms with Gasteiger partial charge in [-0.1, -0.05) is 15.9 Å². The molecule has 1 aromatic heterocycles. The summed E-state index contributed by atoms with van der Waals surface area (Å²) in [5.41, 5.74) is 2.21. The molecular formula is C13H12BrClOS. The topological polar surface area (TPSA) is 9.23 Å². The van der Waals surface area contributed by atoms with E-state index >= 15 is 0 Å². The minimum Gasteiger partial charge on any atom is -0.496 e. The lowest BCUT2D eigenvalue weighted by Gasteiger charge is -2.14. The van der Waals surface area contributed by atoms with E-state index in [9.17, 15) is 0 Å². The van der Waals surface area contributed by atoms with E-state index in [0.717, 1.165) is 15.8 Å². The van der Waals surface area contributed by atoms with Gasteiger partial charge in [0.15, 0.2) is 0 Å². The Morgan fingerprint density at radius 2 is 2.12 bits per heavy atom. The number of ether oxygens (including phenoxy) is 1. The molecule has 0 radical (unpaired) electrons. The Labute approximate surface area is 119 Å². The summed E-state index contributed by atoms with van der Waals surface area (Å²) < 4.78 is 6.37. The minimum absolute atomic E-state index is 0.164. The SMILES string of the molecule is COc1ccc(Br)cc1C(Cl)c1sccc1C. The molecule has 0 amide bonds. The molecule has 0 N–H and O–H groups in total. The molecule has 0 spiro atoms.